The molecule has 0 saturated heterocycles. The number of carbonyl (C=O) groups is 1. The molecule has 1 aromatic rings. The number of hydrogen-bond donors (Lipinski definition) is 1. The molecule has 1 aromatic heterocycles. The van der Waals surface area contributed by atoms with Gasteiger partial charge >= 0.3 is 5.97 Å². The molecule has 0 bridgehead atoms. The van der Waals surface area contributed by atoms with Crippen molar-refractivity contribution in [1.29, 1.82) is 0 Å². The smallest absolute Gasteiger partial charge is 0.313 e. The number of rotatable bonds is 4. The fourth-order valence-electron chi connectivity index (χ4n) is 1.38. The van der Waals surface area contributed by atoms with Crippen molar-refractivity contribution in [3.05, 3.63) is 16.1 Å². The molecule has 84 valence electrons. The average molecular weight is 227 g/mol. The second-order valence-electron chi connectivity index (χ2n) is 4.33. The zero-order valence-electron chi connectivity index (χ0n) is 9.52. The van der Waals surface area contributed by atoms with Crippen molar-refractivity contribution in [3.8, 4) is 0 Å². The van der Waals surface area contributed by atoms with E-state index in [0.29, 0.717) is 5.92 Å². The molecule has 4 heteroatoms. The van der Waals surface area contributed by atoms with E-state index in [0.717, 1.165) is 10.7 Å². The first-order valence-corrected chi connectivity index (χ1v) is 5.99. The van der Waals surface area contributed by atoms with Crippen LogP contribution < -0.4 is 0 Å². The third-order valence-electron chi connectivity index (χ3n) is 2.33. The summed E-state index contributed by atoms with van der Waals surface area (Å²) >= 11 is 1.45. The molecule has 15 heavy (non-hydrogen) atoms. The predicted molar refractivity (Wildman–Crippen MR) is 61.4 cm³/mol. The van der Waals surface area contributed by atoms with Gasteiger partial charge in [0.25, 0.3) is 0 Å². The van der Waals surface area contributed by atoms with Crippen LogP contribution in [0.4, 0.5) is 0 Å². The zero-order valence-corrected chi connectivity index (χ0v) is 10.3. The maximum Gasteiger partial charge on any atom is 0.313 e. The number of thiazole rings is 1. The van der Waals surface area contributed by atoms with Gasteiger partial charge in [-0.25, -0.2) is 4.98 Å². The van der Waals surface area contributed by atoms with Gasteiger partial charge in [-0.05, 0) is 11.8 Å². The third kappa shape index (κ3) is 2.78. The van der Waals surface area contributed by atoms with Crippen molar-refractivity contribution in [1.82, 2.24) is 4.98 Å². The third-order valence-corrected chi connectivity index (χ3v) is 3.28. The maximum absolute atomic E-state index is 11.1. The number of carboxylic acid groups (broad SMARTS) is 1. The average Bonchev–Trinajstić information content (AvgIpc) is 2.51. The highest BCUT2D eigenvalue weighted by atomic mass is 32.1. The van der Waals surface area contributed by atoms with Crippen LogP contribution in [0.3, 0.4) is 0 Å². The van der Waals surface area contributed by atoms with Crippen LogP contribution in [-0.4, -0.2) is 16.1 Å². The Hall–Kier alpha value is -0.900. The number of carboxylic acids is 1. The van der Waals surface area contributed by atoms with E-state index in [4.69, 9.17) is 5.11 Å². The lowest BCUT2D eigenvalue weighted by molar-refractivity contribution is -0.139. The lowest BCUT2D eigenvalue weighted by Crippen LogP contribution is -2.17. The largest absolute Gasteiger partial charge is 0.481 e. The minimum absolute atomic E-state index is 0.0775. The van der Waals surface area contributed by atoms with Crippen LogP contribution in [0, 0.1) is 5.92 Å². The first kappa shape index (κ1) is 12.2. The summed E-state index contributed by atoms with van der Waals surface area (Å²) in [5.74, 6) is -0.817. The normalized spacial score (nSPS) is 13.5. The molecule has 1 atom stereocenters. The van der Waals surface area contributed by atoms with Crippen LogP contribution in [0.2, 0.25) is 0 Å². The van der Waals surface area contributed by atoms with E-state index in [9.17, 15) is 4.79 Å². The minimum Gasteiger partial charge on any atom is -0.481 e. The topological polar surface area (TPSA) is 50.2 Å². The van der Waals surface area contributed by atoms with Crippen molar-refractivity contribution >= 4 is 17.3 Å². The van der Waals surface area contributed by atoms with Crippen LogP contribution in [-0.2, 0) is 4.79 Å². The molecule has 0 saturated carbocycles. The Morgan fingerprint density at radius 2 is 2.00 bits per heavy atom. The van der Waals surface area contributed by atoms with Gasteiger partial charge in [-0.3, -0.25) is 4.79 Å². The molecule has 0 spiro atoms. The van der Waals surface area contributed by atoms with Crippen LogP contribution in [0.15, 0.2) is 5.38 Å². The zero-order chi connectivity index (χ0) is 11.6. The monoisotopic (exact) mass is 227 g/mol. The fourth-order valence-corrected chi connectivity index (χ4v) is 2.63. The molecule has 0 aliphatic heterocycles. The van der Waals surface area contributed by atoms with E-state index < -0.39 is 11.9 Å². The lowest BCUT2D eigenvalue weighted by atomic mass is 9.97. The molecule has 0 aliphatic carbocycles. The number of nitrogens with zero attached hydrogens (tertiary/aromatic N) is 1. The molecule has 1 rings (SSSR count). The number of hydrogen-bond acceptors (Lipinski definition) is 3. The van der Waals surface area contributed by atoms with Gasteiger partial charge in [0.1, 0.15) is 10.9 Å². The van der Waals surface area contributed by atoms with Gasteiger partial charge in [-0.2, -0.15) is 0 Å². The van der Waals surface area contributed by atoms with Crippen molar-refractivity contribution in [2.24, 2.45) is 5.92 Å². The van der Waals surface area contributed by atoms with Crippen molar-refractivity contribution in [2.75, 3.05) is 0 Å². The molecule has 3 nitrogen and oxygen atoms in total. The molecule has 0 fully saturated rings. The van der Waals surface area contributed by atoms with Gasteiger partial charge in [-0.1, -0.05) is 27.7 Å². The quantitative estimate of drug-likeness (QED) is 0.860. The van der Waals surface area contributed by atoms with Crippen LogP contribution >= 0.6 is 11.3 Å². The molecule has 0 amide bonds. The van der Waals surface area contributed by atoms with Crippen molar-refractivity contribution in [3.63, 3.8) is 0 Å². The molecule has 1 N–H and O–H groups in total. The molecule has 0 aliphatic rings. The highest BCUT2D eigenvalue weighted by Crippen LogP contribution is 2.29. The first-order valence-electron chi connectivity index (χ1n) is 5.11. The molecule has 1 heterocycles. The highest BCUT2D eigenvalue weighted by molar-refractivity contribution is 7.09. The van der Waals surface area contributed by atoms with E-state index >= 15 is 0 Å². The summed E-state index contributed by atoms with van der Waals surface area (Å²) in [4.78, 5) is 15.5. The van der Waals surface area contributed by atoms with E-state index in [-0.39, 0.29) is 5.92 Å². The van der Waals surface area contributed by atoms with Gasteiger partial charge in [0.05, 0.1) is 5.69 Å². The van der Waals surface area contributed by atoms with Gasteiger partial charge in [0.2, 0.25) is 0 Å². The molecular weight excluding hydrogens is 210 g/mol. The van der Waals surface area contributed by atoms with Crippen molar-refractivity contribution in [2.45, 2.75) is 39.5 Å². The summed E-state index contributed by atoms with van der Waals surface area (Å²) < 4.78 is 0. The standard InChI is InChI=1S/C11H17NO2S/c1-6(2)8-5-15-10(12-8)9(7(3)4)11(13)14/h5-7,9H,1-4H3,(H,13,14). The SMILES string of the molecule is CC(C)c1csc(C(C(=O)O)C(C)C)n1. The summed E-state index contributed by atoms with van der Waals surface area (Å²) in [7, 11) is 0. The lowest BCUT2D eigenvalue weighted by Gasteiger charge is -2.12. The molecule has 0 radical (unpaired) electrons. The Morgan fingerprint density at radius 1 is 1.40 bits per heavy atom. The minimum atomic E-state index is -0.783. The Labute approximate surface area is 94.2 Å². The second-order valence-corrected chi connectivity index (χ2v) is 5.21. The van der Waals surface area contributed by atoms with E-state index in [2.05, 4.69) is 18.8 Å². The summed E-state index contributed by atoms with van der Waals surface area (Å²) in [6, 6.07) is 0. The van der Waals surface area contributed by atoms with Gasteiger partial charge in [-0.15, -0.1) is 11.3 Å². The summed E-state index contributed by atoms with van der Waals surface area (Å²) in [5.41, 5.74) is 0.988. The van der Waals surface area contributed by atoms with Gasteiger partial charge < -0.3 is 5.11 Å². The number of aromatic nitrogens is 1. The van der Waals surface area contributed by atoms with E-state index in [1.165, 1.54) is 11.3 Å². The molecular formula is C11H17NO2S. The van der Waals surface area contributed by atoms with E-state index in [1.807, 2.05) is 19.2 Å². The fraction of sp³-hybridized carbons (Fsp3) is 0.636. The van der Waals surface area contributed by atoms with Crippen LogP contribution in [0.5, 0.6) is 0 Å². The Bertz CT molecular complexity index is 344. The Balaban J connectivity index is 2.97. The van der Waals surface area contributed by atoms with Crippen molar-refractivity contribution < 1.29 is 9.90 Å². The highest BCUT2D eigenvalue weighted by Gasteiger charge is 2.26. The second kappa shape index (κ2) is 4.75. The maximum atomic E-state index is 11.1. The predicted octanol–water partition coefficient (Wildman–Crippen LogP) is 3.09. The first-order chi connectivity index (χ1) is 6.93. The molecule has 0 aromatic carbocycles. The van der Waals surface area contributed by atoms with Gasteiger partial charge in [0.15, 0.2) is 0 Å². The van der Waals surface area contributed by atoms with Crippen LogP contribution in [0.25, 0.3) is 0 Å². The van der Waals surface area contributed by atoms with Gasteiger partial charge in [0, 0.05) is 5.38 Å². The summed E-state index contributed by atoms with van der Waals surface area (Å²) in [5, 5.41) is 11.8. The van der Waals surface area contributed by atoms with Crippen LogP contribution in [0.1, 0.15) is 50.2 Å². The summed E-state index contributed by atoms with van der Waals surface area (Å²) in [6.07, 6.45) is 0. The Morgan fingerprint density at radius 3 is 2.33 bits per heavy atom. The molecule has 1 unspecified atom stereocenters. The summed E-state index contributed by atoms with van der Waals surface area (Å²) in [6.45, 7) is 7.94. The number of aliphatic carboxylic acids is 1. The van der Waals surface area contributed by atoms with E-state index in [1.54, 1.807) is 0 Å². The Kier molecular flexibility index (Phi) is 3.85.